The van der Waals surface area contributed by atoms with Crippen LogP contribution < -0.4 is 4.72 Å². The summed E-state index contributed by atoms with van der Waals surface area (Å²) in [6.45, 7) is 3.47. The number of nitriles is 1. The molecule has 9 heteroatoms. The number of ether oxygens (including phenoxy) is 2. The molecule has 0 aliphatic rings. The molecule has 1 atom stereocenters. The van der Waals surface area contributed by atoms with Crippen molar-refractivity contribution in [2.45, 2.75) is 37.6 Å². The summed E-state index contributed by atoms with van der Waals surface area (Å²) in [6.07, 6.45) is -0.272. The van der Waals surface area contributed by atoms with Crippen LogP contribution in [0.5, 0.6) is 0 Å². The molecule has 25 heavy (non-hydrogen) atoms. The van der Waals surface area contributed by atoms with Gasteiger partial charge in [0.25, 0.3) is 0 Å². The topological polar surface area (TPSA) is 123 Å². The molecule has 1 aromatic carbocycles. The van der Waals surface area contributed by atoms with Gasteiger partial charge in [-0.2, -0.15) is 9.98 Å². The van der Waals surface area contributed by atoms with Crippen LogP contribution in [0.4, 0.5) is 0 Å². The molecule has 1 aromatic rings. The zero-order valence-corrected chi connectivity index (χ0v) is 14.8. The van der Waals surface area contributed by atoms with Gasteiger partial charge >= 0.3 is 11.9 Å². The molecular formula is C16H20N2O6S. The van der Waals surface area contributed by atoms with Crippen molar-refractivity contribution in [3.8, 4) is 6.07 Å². The number of esters is 2. The summed E-state index contributed by atoms with van der Waals surface area (Å²) in [6, 6.07) is 6.13. The number of sulfonamides is 1. The van der Waals surface area contributed by atoms with Crippen LogP contribution >= 0.6 is 0 Å². The Bertz CT molecular complexity index is 754. The van der Waals surface area contributed by atoms with Crippen LogP contribution in [0.1, 0.15) is 32.3 Å². The van der Waals surface area contributed by atoms with E-state index < -0.39 is 28.0 Å². The smallest absolute Gasteiger partial charge is 0.324 e. The highest BCUT2D eigenvalue weighted by molar-refractivity contribution is 7.89. The molecule has 8 nitrogen and oxygen atoms in total. The summed E-state index contributed by atoms with van der Waals surface area (Å²) in [5.74, 6) is -1.35. The van der Waals surface area contributed by atoms with Crippen LogP contribution in [-0.2, 0) is 29.1 Å². The summed E-state index contributed by atoms with van der Waals surface area (Å²) >= 11 is 0. The van der Waals surface area contributed by atoms with E-state index in [0.717, 1.165) is 0 Å². The van der Waals surface area contributed by atoms with Crippen molar-refractivity contribution in [2.24, 2.45) is 0 Å². The number of hydrogen-bond acceptors (Lipinski definition) is 7. The van der Waals surface area contributed by atoms with E-state index in [1.807, 2.05) is 0 Å². The average Bonchev–Trinajstić information content (AvgIpc) is 2.58. The molecule has 0 saturated heterocycles. The number of benzene rings is 1. The van der Waals surface area contributed by atoms with Gasteiger partial charge in [-0.3, -0.25) is 9.59 Å². The number of nitrogens with one attached hydrogen (secondary N) is 1. The number of rotatable bonds is 9. The maximum absolute atomic E-state index is 12.5. The highest BCUT2D eigenvalue weighted by Crippen LogP contribution is 2.16. The van der Waals surface area contributed by atoms with Crippen LogP contribution in [0.2, 0.25) is 0 Å². The maximum Gasteiger partial charge on any atom is 0.324 e. The zero-order valence-electron chi connectivity index (χ0n) is 14.0. The second-order valence-corrected chi connectivity index (χ2v) is 6.56. The summed E-state index contributed by atoms with van der Waals surface area (Å²) < 4.78 is 36.9. The first-order chi connectivity index (χ1) is 11.9. The normalized spacial score (nSPS) is 12.0. The number of hydrogen-bond donors (Lipinski definition) is 1. The van der Waals surface area contributed by atoms with Crippen LogP contribution in [-0.4, -0.2) is 39.6 Å². The van der Waals surface area contributed by atoms with Gasteiger partial charge in [-0.25, -0.2) is 8.42 Å². The largest absolute Gasteiger partial charge is 0.466 e. The fraction of sp³-hybridized carbons (Fsp3) is 0.438. The van der Waals surface area contributed by atoms with Crippen LogP contribution in [0.3, 0.4) is 0 Å². The Morgan fingerprint density at radius 2 is 1.84 bits per heavy atom. The van der Waals surface area contributed by atoms with Gasteiger partial charge in [0.15, 0.2) is 0 Å². The second kappa shape index (κ2) is 9.76. The predicted octanol–water partition coefficient (Wildman–Crippen LogP) is 1.11. The zero-order chi connectivity index (χ0) is 18.9. The van der Waals surface area contributed by atoms with E-state index in [1.54, 1.807) is 19.9 Å². The predicted molar refractivity (Wildman–Crippen MR) is 87.8 cm³/mol. The second-order valence-electron chi connectivity index (χ2n) is 4.88. The molecule has 0 amide bonds. The summed E-state index contributed by atoms with van der Waals surface area (Å²) in [4.78, 5) is 23.2. The standard InChI is InChI=1S/C16H20N2O6S/c1-3-23-15(19)10-9-13(16(20)24-4-2)18-25(21,22)14-8-6-5-7-12(14)11-17/h5-8,13,18H,3-4,9-10H2,1-2H3. The van der Waals surface area contributed by atoms with Crippen molar-refractivity contribution in [3.63, 3.8) is 0 Å². The Morgan fingerprint density at radius 1 is 1.20 bits per heavy atom. The van der Waals surface area contributed by atoms with Crippen LogP contribution in [0.15, 0.2) is 29.2 Å². The third-order valence-electron chi connectivity index (χ3n) is 3.11. The van der Waals surface area contributed by atoms with Crippen molar-refractivity contribution >= 4 is 22.0 Å². The first-order valence-electron chi connectivity index (χ1n) is 7.69. The van der Waals surface area contributed by atoms with Crippen molar-refractivity contribution in [1.29, 1.82) is 5.26 Å². The summed E-state index contributed by atoms with van der Waals surface area (Å²) in [5.41, 5.74) is -0.0528. The highest BCUT2D eigenvalue weighted by Gasteiger charge is 2.28. The van der Waals surface area contributed by atoms with Gasteiger partial charge in [-0.05, 0) is 32.4 Å². The molecule has 1 rings (SSSR count). The number of nitrogens with zero attached hydrogens (tertiary/aromatic N) is 1. The molecule has 136 valence electrons. The van der Waals surface area contributed by atoms with E-state index in [9.17, 15) is 18.0 Å². The van der Waals surface area contributed by atoms with Gasteiger partial charge in [0, 0.05) is 6.42 Å². The molecule has 0 fully saturated rings. The van der Waals surface area contributed by atoms with Gasteiger partial charge in [0.2, 0.25) is 10.0 Å². The minimum atomic E-state index is -4.15. The average molecular weight is 368 g/mol. The SMILES string of the molecule is CCOC(=O)CCC(NS(=O)(=O)c1ccccc1C#N)C(=O)OCC. The van der Waals surface area contributed by atoms with Crippen molar-refractivity contribution in [3.05, 3.63) is 29.8 Å². The highest BCUT2D eigenvalue weighted by atomic mass is 32.2. The van der Waals surface area contributed by atoms with E-state index >= 15 is 0 Å². The molecule has 0 radical (unpaired) electrons. The molecule has 0 bridgehead atoms. The van der Waals surface area contributed by atoms with Crippen molar-refractivity contribution in [2.75, 3.05) is 13.2 Å². The maximum atomic E-state index is 12.5. The summed E-state index contributed by atoms with van der Waals surface area (Å²) in [7, 11) is -4.15. The lowest BCUT2D eigenvalue weighted by Gasteiger charge is -2.17. The van der Waals surface area contributed by atoms with E-state index in [4.69, 9.17) is 14.7 Å². The van der Waals surface area contributed by atoms with Gasteiger partial charge in [0.05, 0.1) is 23.7 Å². The van der Waals surface area contributed by atoms with E-state index in [2.05, 4.69) is 4.72 Å². The number of carbonyl (C=O) groups is 2. The molecular weight excluding hydrogens is 348 g/mol. The fourth-order valence-corrected chi connectivity index (χ4v) is 3.38. The molecule has 0 spiro atoms. The van der Waals surface area contributed by atoms with Crippen LogP contribution in [0, 0.1) is 11.3 Å². The fourth-order valence-electron chi connectivity index (χ4n) is 2.01. The molecule has 0 aromatic heterocycles. The molecule has 0 saturated carbocycles. The third kappa shape index (κ3) is 6.17. The molecule has 1 unspecified atom stereocenters. The summed E-state index contributed by atoms with van der Waals surface area (Å²) in [5, 5.41) is 9.05. The van der Waals surface area contributed by atoms with Crippen molar-refractivity contribution in [1.82, 2.24) is 4.72 Å². The van der Waals surface area contributed by atoms with Gasteiger partial charge < -0.3 is 9.47 Å². The first-order valence-corrected chi connectivity index (χ1v) is 9.17. The van der Waals surface area contributed by atoms with Gasteiger partial charge in [-0.1, -0.05) is 12.1 Å². The molecule has 0 aliphatic heterocycles. The Morgan fingerprint density at radius 3 is 2.44 bits per heavy atom. The van der Waals surface area contributed by atoms with Gasteiger partial charge in [-0.15, -0.1) is 0 Å². The quantitative estimate of drug-likeness (QED) is 0.648. The minimum Gasteiger partial charge on any atom is -0.466 e. The molecule has 1 N–H and O–H groups in total. The lowest BCUT2D eigenvalue weighted by Crippen LogP contribution is -2.42. The van der Waals surface area contributed by atoms with Crippen LogP contribution in [0.25, 0.3) is 0 Å². The Balaban J connectivity index is 3.01. The molecule has 0 heterocycles. The van der Waals surface area contributed by atoms with E-state index in [1.165, 1.54) is 24.3 Å². The molecule has 0 aliphatic carbocycles. The minimum absolute atomic E-state index is 0.0528. The Hall–Kier alpha value is -2.44. The monoisotopic (exact) mass is 368 g/mol. The van der Waals surface area contributed by atoms with Gasteiger partial charge in [0.1, 0.15) is 12.1 Å². The lowest BCUT2D eigenvalue weighted by molar-refractivity contribution is -0.146. The van der Waals surface area contributed by atoms with E-state index in [-0.39, 0.29) is 36.5 Å². The lowest BCUT2D eigenvalue weighted by atomic mass is 10.2. The number of carbonyl (C=O) groups excluding carboxylic acids is 2. The Labute approximate surface area is 146 Å². The van der Waals surface area contributed by atoms with Crippen molar-refractivity contribution < 1.29 is 27.5 Å². The third-order valence-corrected chi connectivity index (χ3v) is 4.64. The Kier molecular flexibility index (Phi) is 8.04. The first kappa shape index (κ1) is 20.6. The van der Waals surface area contributed by atoms with E-state index in [0.29, 0.717) is 0 Å².